The second kappa shape index (κ2) is 6.10. The molecule has 1 atom stereocenters. The molecule has 0 amide bonds. The number of aliphatic hydroxyl groups is 1. The van der Waals surface area contributed by atoms with Gasteiger partial charge in [0.2, 0.25) is 0 Å². The van der Waals surface area contributed by atoms with Gasteiger partial charge in [-0.15, -0.1) is 0 Å². The highest BCUT2D eigenvalue weighted by molar-refractivity contribution is 5.49. The van der Waals surface area contributed by atoms with E-state index in [0.717, 1.165) is 11.3 Å². The van der Waals surface area contributed by atoms with E-state index < -0.39 is 0 Å². The third kappa shape index (κ3) is 3.20. The normalized spacial score (nSPS) is 12.2. The predicted octanol–water partition coefficient (Wildman–Crippen LogP) is 4.28. The zero-order valence-corrected chi connectivity index (χ0v) is 12.7. The molecule has 2 aromatic rings. The van der Waals surface area contributed by atoms with Gasteiger partial charge >= 0.3 is 0 Å². The van der Waals surface area contributed by atoms with E-state index in [1.165, 1.54) is 22.3 Å². The standard InChI is InChI=1S/C18H23NO/c1-12-9-13(2)18(14(3)10-12)15(4)19-17-7-5-16(11-20)6-8-17/h5-10,15,19-20H,11H2,1-4H3. The first-order chi connectivity index (χ1) is 9.51. The summed E-state index contributed by atoms with van der Waals surface area (Å²) >= 11 is 0. The molecule has 2 heteroatoms. The van der Waals surface area contributed by atoms with Crippen LogP contribution in [0.1, 0.15) is 40.8 Å². The minimum absolute atomic E-state index is 0.0893. The van der Waals surface area contributed by atoms with Gasteiger partial charge in [-0.3, -0.25) is 0 Å². The molecule has 0 heterocycles. The Bertz CT molecular complexity index is 564. The Labute approximate surface area is 121 Å². The summed E-state index contributed by atoms with van der Waals surface area (Å²) in [5.41, 5.74) is 7.34. The van der Waals surface area contributed by atoms with Crippen LogP contribution in [0, 0.1) is 20.8 Å². The summed E-state index contributed by atoms with van der Waals surface area (Å²) in [6, 6.07) is 12.6. The Morgan fingerprint density at radius 3 is 2.05 bits per heavy atom. The Balaban J connectivity index is 2.21. The Morgan fingerprint density at radius 2 is 1.55 bits per heavy atom. The van der Waals surface area contributed by atoms with E-state index in [1.54, 1.807) is 0 Å². The number of aryl methyl sites for hydroxylation is 3. The van der Waals surface area contributed by atoms with Crippen LogP contribution in [-0.2, 0) is 6.61 Å². The fraction of sp³-hybridized carbons (Fsp3) is 0.333. The molecule has 0 fully saturated rings. The predicted molar refractivity (Wildman–Crippen MR) is 85.1 cm³/mol. The number of benzene rings is 2. The fourth-order valence-corrected chi connectivity index (χ4v) is 2.90. The van der Waals surface area contributed by atoms with Crippen LogP contribution < -0.4 is 5.32 Å². The number of nitrogens with one attached hydrogen (secondary N) is 1. The Hall–Kier alpha value is -1.80. The summed E-state index contributed by atoms with van der Waals surface area (Å²) in [6.07, 6.45) is 0. The molecule has 0 saturated heterocycles. The van der Waals surface area contributed by atoms with Crippen LogP contribution in [0.2, 0.25) is 0 Å². The summed E-state index contributed by atoms with van der Waals surface area (Å²) in [4.78, 5) is 0. The fourth-order valence-electron chi connectivity index (χ4n) is 2.90. The van der Waals surface area contributed by atoms with Gasteiger partial charge in [-0.05, 0) is 62.1 Å². The molecule has 0 aromatic heterocycles. The summed E-state index contributed by atoms with van der Waals surface area (Å²) in [5.74, 6) is 0. The minimum atomic E-state index is 0.0893. The Kier molecular flexibility index (Phi) is 4.46. The number of rotatable bonds is 4. The first-order valence-electron chi connectivity index (χ1n) is 7.05. The lowest BCUT2D eigenvalue weighted by Crippen LogP contribution is -2.10. The average Bonchev–Trinajstić information content (AvgIpc) is 2.38. The molecule has 2 N–H and O–H groups in total. The lowest BCUT2D eigenvalue weighted by molar-refractivity contribution is 0.282. The SMILES string of the molecule is Cc1cc(C)c(C(C)Nc2ccc(CO)cc2)c(C)c1. The van der Waals surface area contributed by atoms with Crippen LogP contribution in [0.3, 0.4) is 0 Å². The molecule has 20 heavy (non-hydrogen) atoms. The molecule has 106 valence electrons. The van der Waals surface area contributed by atoms with Crippen molar-refractivity contribution in [3.05, 3.63) is 64.2 Å². The summed E-state index contributed by atoms with van der Waals surface area (Å²) in [7, 11) is 0. The first-order valence-corrected chi connectivity index (χ1v) is 7.05. The molecule has 2 rings (SSSR count). The van der Waals surface area contributed by atoms with Crippen LogP contribution in [0.4, 0.5) is 5.69 Å². The molecule has 0 aliphatic carbocycles. The number of anilines is 1. The second-order valence-electron chi connectivity index (χ2n) is 5.53. The third-order valence-corrected chi connectivity index (χ3v) is 3.69. The first kappa shape index (κ1) is 14.6. The summed E-state index contributed by atoms with van der Waals surface area (Å²) < 4.78 is 0. The number of aliphatic hydroxyl groups excluding tert-OH is 1. The zero-order chi connectivity index (χ0) is 14.7. The van der Waals surface area contributed by atoms with E-state index >= 15 is 0 Å². The highest BCUT2D eigenvalue weighted by Gasteiger charge is 2.11. The molecule has 2 nitrogen and oxygen atoms in total. The van der Waals surface area contributed by atoms with Crippen LogP contribution in [0.15, 0.2) is 36.4 Å². The van der Waals surface area contributed by atoms with Gasteiger partial charge < -0.3 is 10.4 Å². The molecular formula is C18H23NO. The average molecular weight is 269 g/mol. The molecule has 0 bridgehead atoms. The molecule has 0 saturated carbocycles. The van der Waals surface area contributed by atoms with Crippen molar-refractivity contribution >= 4 is 5.69 Å². The van der Waals surface area contributed by atoms with Gasteiger partial charge in [0.15, 0.2) is 0 Å². The number of hydrogen-bond donors (Lipinski definition) is 2. The highest BCUT2D eigenvalue weighted by atomic mass is 16.3. The highest BCUT2D eigenvalue weighted by Crippen LogP contribution is 2.26. The number of hydrogen-bond acceptors (Lipinski definition) is 2. The maximum Gasteiger partial charge on any atom is 0.0681 e. The molecular weight excluding hydrogens is 246 g/mol. The van der Waals surface area contributed by atoms with Crippen LogP contribution >= 0.6 is 0 Å². The largest absolute Gasteiger partial charge is 0.392 e. The maximum absolute atomic E-state index is 9.07. The van der Waals surface area contributed by atoms with E-state index in [-0.39, 0.29) is 12.6 Å². The molecule has 2 aromatic carbocycles. The van der Waals surface area contributed by atoms with Crippen LogP contribution in [0.5, 0.6) is 0 Å². The lowest BCUT2D eigenvalue weighted by Gasteiger charge is -2.21. The zero-order valence-electron chi connectivity index (χ0n) is 12.7. The van der Waals surface area contributed by atoms with E-state index in [9.17, 15) is 0 Å². The summed E-state index contributed by atoms with van der Waals surface area (Å²) in [5, 5.41) is 12.6. The monoisotopic (exact) mass is 269 g/mol. The van der Waals surface area contributed by atoms with Crippen molar-refractivity contribution in [2.24, 2.45) is 0 Å². The van der Waals surface area contributed by atoms with Gasteiger partial charge in [-0.1, -0.05) is 29.8 Å². The molecule has 0 spiro atoms. The van der Waals surface area contributed by atoms with Gasteiger partial charge in [-0.25, -0.2) is 0 Å². The molecule has 0 aliphatic heterocycles. The van der Waals surface area contributed by atoms with E-state index in [1.807, 2.05) is 24.3 Å². The minimum Gasteiger partial charge on any atom is -0.392 e. The lowest BCUT2D eigenvalue weighted by atomic mass is 9.94. The third-order valence-electron chi connectivity index (χ3n) is 3.69. The van der Waals surface area contributed by atoms with Crippen molar-refractivity contribution in [1.29, 1.82) is 0 Å². The smallest absolute Gasteiger partial charge is 0.0681 e. The topological polar surface area (TPSA) is 32.3 Å². The second-order valence-corrected chi connectivity index (χ2v) is 5.53. The quantitative estimate of drug-likeness (QED) is 0.868. The summed E-state index contributed by atoms with van der Waals surface area (Å²) in [6.45, 7) is 8.75. The molecule has 1 unspecified atom stereocenters. The van der Waals surface area contributed by atoms with Gasteiger partial charge in [0.25, 0.3) is 0 Å². The molecule has 0 aliphatic rings. The van der Waals surface area contributed by atoms with Crippen molar-refractivity contribution in [3.8, 4) is 0 Å². The van der Waals surface area contributed by atoms with Gasteiger partial charge in [0, 0.05) is 11.7 Å². The molecule has 0 radical (unpaired) electrons. The van der Waals surface area contributed by atoms with E-state index in [2.05, 4.69) is 45.1 Å². The van der Waals surface area contributed by atoms with Gasteiger partial charge in [-0.2, -0.15) is 0 Å². The van der Waals surface area contributed by atoms with Crippen molar-refractivity contribution in [2.45, 2.75) is 40.3 Å². The van der Waals surface area contributed by atoms with Crippen molar-refractivity contribution in [3.63, 3.8) is 0 Å². The van der Waals surface area contributed by atoms with Crippen molar-refractivity contribution in [1.82, 2.24) is 0 Å². The van der Waals surface area contributed by atoms with E-state index in [4.69, 9.17) is 5.11 Å². The van der Waals surface area contributed by atoms with Crippen LogP contribution in [-0.4, -0.2) is 5.11 Å². The van der Waals surface area contributed by atoms with Gasteiger partial charge in [0.05, 0.1) is 6.61 Å². The van der Waals surface area contributed by atoms with Gasteiger partial charge in [0.1, 0.15) is 0 Å². The van der Waals surface area contributed by atoms with E-state index in [0.29, 0.717) is 0 Å². The van der Waals surface area contributed by atoms with Crippen molar-refractivity contribution < 1.29 is 5.11 Å². The van der Waals surface area contributed by atoms with Crippen LogP contribution in [0.25, 0.3) is 0 Å². The maximum atomic E-state index is 9.07. The Morgan fingerprint density at radius 1 is 1.00 bits per heavy atom. The van der Waals surface area contributed by atoms with Crippen molar-refractivity contribution in [2.75, 3.05) is 5.32 Å².